The molecule has 0 radical (unpaired) electrons. The molecule has 0 aromatic heterocycles. The molecular formula is C27H35NO6. The molecule has 34 heavy (non-hydrogen) atoms. The lowest BCUT2D eigenvalue weighted by atomic mass is 9.95. The Morgan fingerprint density at radius 1 is 1.06 bits per heavy atom. The number of carbonyl (C=O) groups is 3. The summed E-state index contributed by atoms with van der Waals surface area (Å²) in [5.74, 6) is -1.03. The van der Waals surface area contributed by atoms with Crippen LogP contribution >= 0.6 is 0 Å². The first-order valence-electron chi connectivity index (χ1n) is 12.3. The number of ketones is 1. The molecular weight excluding hydrogens is 434 g/mol. The summed E-state index contributed by atoms with van der Waals surface area (Å²) >= 11 is 0. The van der Waals surface area contributed by atoms with Gasteiger partial charge in [-0.15, -0.1) is 0 Å². The first-order chi connectivity index (χ1) is 16.5. The molecule has 2 aliphatic rings. The van der Waals surface area contributed by atoms with Gasteiger partial charge >= 0.3 is 6.09 Å². The number of benzene rings is 1. The third kappa shape index (κ3) is 6.79. The van der Waals surface area contributed by atoms with Crippen LogP contribution in [-0.2, 0) is 19.1 Å². The van der Waals surface area contributed by atoms with E-state index in [1.165, 1.54) is 12.5 Å². The molecule has 1 N–H and O–H groups in total. The summed E-state index contributed by atoms with van der Waals surface area (Å²) in [5.41, 5.74) is 0.804. The average molecular weight is 470 g/mol. The molecule has 0 bridgehead atoms. The van der Waals surface area contributed by atoms with E-state index in [1.807, 2.05) is 36.4 Å². The summed E-state index contributed by atoms with van der Waals surface area (Å²) in [6, 6.07) is 8.73. The van der Waals surface area contributed by atoms with Gasteiger partial charge in [0.25, 0.3) is 0 Å². The lowest BCUT2D eigenvalue weighted by Crippen LogP contribution is -2.45. The molecule has 7 heteroatoms. The fourth-order valence-corrected chi connectivity index (χ4v) is 4.29. The number of allylic oxidation sites excluding steroid dienone is 2. The van der Waals surface area contributed by atoms with E-state index < -0.39 is 30.1 Å². The molecule has 184 valence electrons. The number of unbranched alkanes of at least 4 members (excludes halogenated alkanes) is 7. The van der Waals surface area contributed by atoms with Crippen LogP contribution in [-0.4, -0.2) is 47.1 Å². The van der Waals surface area contributed by atoms with Gasteiger partial charge in [-0.1, -0.05) is 62.4 Å². The number of ether oxygens (including phenoxy) is 2. The van der Waals surface area contributed by atoms with Gasteiger partial charge < -0.3 is 14.6 Å². The van der Waals surface area contributed by atoms with E-state index in [9.17, 15) is 14.4 Å². The largest absolute Gasteiger partial charge is 0.482 e. The Bertz CT molecular complexity index is 894. The first kappa shape index (κ1) is 25.7. The maximum atomic E-state index is 13.3. The Kier molecular flexibility index (Phi) is 9.89. The number of imide groups is 1. The number of amides is 2. The summed E-state index contributed by atoms with van der Waals surface area (Å²) in [6.07, 6.45) is 11.8. The van der Waals surface area contributed by atoms with E-state index in [0.29, 0.717) is 5.76 Å². The van der Waals surface area contributed by atoms with Crippen molar-refractivity contribution < 1.29 is 29.0 Å². The molecule has 1 fully saturated rings. The van der Waals surface area contributed by atoms with E-state index in [0.717, 1.165) is 55.4 Å². The zero-order valence-corrected chi connectivity index (χ0v) is 19.9. The molecule has 3 atom stereocenters. The Morgan fingerprint density at radius 2 is 1.74 bits per heavy atom. The zero-order chi connectivity index (χ0) is 24.3. The molecule has 2 heterocycles. The van der Waals surface area contributed by atoms with Crippen LogP contribution in [0.5, 0.6) is 0 Å². The van der Waals surface area contributed by atoms with Crippen LogP contribution in [0.2, 0.25) is 0 Å². The maximum Gasteiger partial charge on any atom is 0.417 e. The maximum absolute atomic E-state index is 13.3. The number of hydrogen-bond donors (Lipinski definition) is 1. The normalized spacial score (nSPS) is 22.1. The van der Waals surface area contributed by atoms with Crippen molar-refractivity contribution in [2.45, 2.75) is 70.4 Å². The summed E-state index contributed by atoms with van der Waals surface area (Å²) in [7, 11) is 0. The van der Waals surface area contributed by atoms with Crippen LogP contribution in [0.25, 0.3) is 0 Å². The predicted molar refractivity (Wildman–Crippen MR) is 128 cm³/mol. The SMILES string of the molecule is C[C@@H](C(=O)N1C(=O)OC[C@H]1c1ccccc1)[C@@H]1OC(=CCCCCCCCCCO)C=CC1=O. The molecule has 1 aromatic rings. The Labute approximate surface area is 201 Å². The molecule has 7 nitrogen and oxygen atoms in total. The minimum absolute atomic E-state index is 0.0905. The molecule has 3 rings (SSSR count). The van der Waals surface area contributed by atoms with Gasteiger partial charge in [-0.05, 0) is 50.0 Å². The first-order valence-corrected chi connectivity index (χ1v) is 12.3. The van der Waals surface area contributed by atoms with Crippen LogP contribution in [0.3, 0.4) is 0 Å². The van der Waals surface area contributed by atoms with Crippen LogP contribution < -0.4 is 0 Å². The molecule has 0 unspecified atom stereocenters. The molecule has 2 amide bonds. The molecule has 1 aromatic carbocycles. The average Bonchev–Trinajstić information content (AvgIpc) is 3.24. The minimum Gasteiger partial charge on any atom is -0.482 e. The smallest absolute Gasteiger partial charge is 0.417 e. The van der Waals surface area contributed by atoms with Gasteiger partial charge in [0.2, 0.25) is 5.91 Å². The van der Waals surface area contributed by atoms with Crippen LogP contribution in [0.15, 0.2) is 54.3 Å². The van der Waals surface area contributed by atoms with Gasteiger partial charge in [0, 0.05) is 6.61 Å². The lowest BCUT2D eigenvalue weighted by molar-refractivity contribution is -0.142. The van der Waals surface area contributed by atoms with Crippen molar-refractivity contribution in [2.75, 3.05) is 13.2 Å². The van der Waals surface area contributed by atoms with Crippen molar-refractivity contribution in [2.24, 2.45) is 5.92 Å². The van der Waals surface area contributed by atoms with Crippen LogP contribution in [0.1, 0.15) is 69.9 Å². The third-order valence-corrected chi connectivity index (χ3v) is 6.30. The van der Waals surface area contributed by atoms with E-state index in [-0.39, 0.29) is 19.0 Å². The minimum atomic E-state index is -0.972. The number of aliphatic hydroxyl groups is 1. The second-order valence-electron chi connectivity index (χ2n) is 8.87. The standard InChI is InChI=1S/C27H35NO6/c1-20(26(31)28-23(19-33-27(28)32)21-13-9-8-10-14-21)25-24(30)17-16-22(34-25)15-11-6-4-2-3-5-7-12-18-29/h8-10,13-17,20,23,25,29H,2-7,11-12,18-19H2,1H3/t20-,23+,25+/m1/s1. The summed E-state index contributed by atoms with van der Waals surface area (Å²) < 4.78 is 11.0. The summed E-state index contributed by atoms with van der Waals surface area (Å²) in [4.78, 5) is 39.2. The quantitative estimate of drug-likeness (QED) is 0.439. The van der Waals surface area contributed by atoms with E-state index in [1.54, 1.807) is 13.0 Å². The van der Waals surface area contributed by atoms with Crippen molar-refractivity contribution in [3.05, 3.63) is 59.9 Å². The van der Waals surface area contributed by atoms with Crippen molar-refractivity contribution in [3.63, 3.8) is 0 Å². The van der Waals surface area contributed by atoms with Crippen LogP contribution in [0, 0.1) is 5.92 Å². The van der Waals surface area contributed by atoms with Gasteiger partial charge in [-0.25, -0.2) is 9.69 Å². The summed E-state index contributed by atoms with van der Waals surface area (Å²) in [5, 5.41) is 8.80. The highest BCUT2D eigenvalue weighted by atomic mass is 16.6. The molecule has 0 aliphatic carbocycles. The monoisotopic (exact) mass is 469 g/mol. The Balaban J connectivity index is 1.54. The number of hydrogen-bond acceptors (Lipinski definition) is 6. The number of rotatable bonds is 12. The van der Waals surface area contributed by atoms with Gasteiger partial charge in [-0.3, -0.25) is 9.59 Å². The number of cyclic esters (lactones) is 1. The fraction of sp³-hybridized carbons (Fsp3) is 0.519. The van der Waals surface area contributed by atoms with Crippen LogP contribution in [0.4, 0.5) is 4.79 Å². The highest BCUT2D eigenvalue weighted by Crippen LogP contribution is 2.31. The fourth-order valence-electron chi connectivity index (χ4n) is 4.29. The number of nitrogens with zero attached hydrogens (tertiary/aromatic N) is 1. The lowest BCUT2D eigenvalue weighted by Gasteiger charge is -2.29. The van der Waals surface area contributed by atoms with Crippen molar-refractivity contribution in [1.29, 1.82) is 0 Å². The second kappa shape index (κ2) is 13.1. The molecule has 0 saturated carbocycles. The molecule has 1 saturated heterocycles. The van der Waals surface area contributed by atoms with E-state index in [4.69, 9.17) is 14.6 Å². The highest BCUT2D eigenvalue weighted by molar-refractivity contribution is 6.01. The Hall–Kier alpha value is -2.93. The van der Waals surface area contributed by atoms with Gasteiger partial charge in [0.1, 0.15) is 18.4 Å². The Morgan fingerprint density at radius 3 is 2.44 bits per heavy atom. The van der Waals surface area contributed by atoms with Crippen molar-refractivity contribution >= 4 is 17.8 Å². The van der Waals surface area contributed by atoms with Crippen molar-refractivity contribution in [1.82, 2.24) is 4.90 Å². The van der Waals surface area contributed by atoms with Gasteiger partial charge in [-0.2, -0.15) is 0 Å². The van der Waals surface area contributed by atoms with E-state index in [2.05, 4.69) is 0 Å². The second-order valence-corrected chi connectivity index (χ2v) is 8.87. The van der Waals surface area contributed by atoms with E-state index >= 15 is 0 Å². The van der Waals surface area contributed by atoms with Gasteiger partial charge in [0.05, 0.1) is 5.92 Å². The number of carbonyl (C=O) groups excluding carboxylic acids is 3. The topological polar surface area (TPSA) is 93.1 Å². The molecule has 2 aliphatic heterocycles. The zero-order valence-electron chi connectivity index (χ0n) is 19.9. The third-order valence-electron chi connectivity index (χ3n) is 6.30. The molecule has 0 spiro atoms. The highest BCUT2D eigenvalue weighted by Gasteiger charge is 2.44. The number of aliphatic hydroxyl groups excluding tert-OH is 1. The van der Waals surface area contributed by atoms with Gasteiger partial charge in [0.15, 0.2) is 11.9 Å². The predicted octanol–water partition coefficient (Wildman–Crippen LogP) is 4.86. The summed E-state index contributed by atoms with van der Waals surface area (Å²) in [6.45, 7) is 1.98. The van der Waals surface area contributed by atoms with Crippen molar-refractivity contribution in [3.8, 4) is 0 Å².